The number of hydrogen-bond acceptors (Lipinski definition) is 4. The minimum Gasteiger partial charge on any atom is -0.333 e. The van der Waals surface area contributed by atoms with E-state index in [9.17, 15) is 4.79 Å². The largest absolute Gasteiger partial charge is 0.333 e. The Kier molecular flexibility index (Phi) is 5.45. The van der Waals surface area contributed by atoms with Crippen LogP contribution in [0, 0.1) is 6.92 Å². The number of nitrogens with zero attached hydrogens (tertiary/aromatic N) is 2. The third-order valence-corrected chi connectivity index (χ3v) is 5.67. The smallest absolute Gasteiger partial charge is 0.234 e. The number of H-pyrrole nitrogens is 1. The Labute approximate surface area is 163 Å². The minimum absolute atomic E-state index is 0.0241. The Morgan fingerprint density at radius 2 is 1.96 bits per heavy atom. The lowest BCUT2D eigenvalue weighted by Crippen LogP contribution is -2.18. The minimum atomic E-state index is -0.0241. The number of thioether (sulfide) groups is 1. The van der Waals surface area contributed by atoms with Gasteiger partial charge in [0.05, 0.1) is 16.8 Å². The van der Waals surface area contributed by atoms with Gasteiger partial charge in [0.2, 0.25) is 5.91 Å². The van der Waals surface area contributed by atoms with Crippen molar-refractivity contribution in [3.63, 3.8) is 0 Å². The van der Waals surface area contributed by atoms with E-state index in [-0.39, 0.29) is 5.91 Å². The Hall–Kier alpha value is -2.31. The van der Waals surface area contributed by atoms with Crippen molar-refractivity contribution >= 4 is 34.4 Å². The number of aromatic nitrogens is 2. The number of aryl methyl sites for hydroxylation is 1. The lowest BCUT2D eigenvalue weighted by molar-refractivity contribution is -0.113. The summed E-state index contributed by atoms with van der Waals surface area (Å²) in [4.78, 5) is 22.5. The molecule has 1 aliphatic heterocycles. The summed E-state index contributed by atoms with van der Waals surface area (Å²) in [6.07, 6.45) is 2.60. The first-order chi connectivity index (χ1) is 13.2. The molecule has 4 rings (SSSR count). The summed E-state index contributed by atoms with van der Waals surface area (Å²) in [6, 6.07) is 14.3. The molecule has 1 fully saturated rings. The molecule has 0 aliphatic carbocycles. The molecule has 2 N–H and O–H groups in total. The van der Waals surface area contributed by atoms with E-state index >= 15 is 0 Å². The van der Waals surface area contributed by atoms with Gasteiger partial charge in [0.15, 0.2) is 5.16 Å². The molecule has 6 heteroatoms. The zero-order valence-corrected chi connectivity index (χ0v) is 16.3. The van der Waals surface area contributed by atoms with Gasteiger partial charge in [-0.3, -0.25) is 9.69 Å². The second kappa shape index (κ2) is 8.15. The normalized spacial score (nSPS) is 14.7. The highest BCUT2D eigenvalue weighted by Gasteiger charge is 2.12. The van der Waals surface area contributed by atoms with Gasteiger partial charge in [0, 0.05) is 12.2 Å². The summed E-state index contributed by atoms with van der Waals surface area (Å²) < 4.78 is 0. The topological polar surface area (TPSA) is 61.0 Å². The molecule has 5 nitrogen and oxygen atoms in total. The fourth-order valence-electron chi connectivity index (χ4n) is 3.39. The molecule has 0 spiro atoms. The summed E-state index contributed by atoms with van der Waals surface area (Å²) in [5.41, 5.74) is 5.25. The monoisotopic (exact) mass is 380 g/mol. The molecular formula is C21H24N4OS. The number of imidazole rings is 1. The molecular weight excluding hydrogens is 356 g/mol. The van der Waals surface area contributed by atoms with Crippen LogP contribution in [0.5, 0.6) is 0 Å². The van der Waals surface area contributed by atoms with Crippen LogP contribution in [0.1, 0.15) is 24.0 Å². The zero-order valence-electron chi connectivity index (χ0n) is 15.5. The highest BCUT2D eigenvalue weighted by atomic mass is 32.2. The highest BCUT2D eigenvalue weighted by Crippen LogP contribution is 2.21. The van der Waals surface area contributed by atoms with E-state index < -0.39 is 0 Å². The second-order valence-corrected chi connectivity index (χ2v) is 8.04. The summed E-state index contributed by atoms with van der Waals surface area (Å²) in [7, 11) is 0. The van der Waals surface area contributed by atoms with Gasteiger partial charge in [0.25, 0.3) is 0 Å². The number of anilines is 1. The van der Waals surface area contributed by atoms with E-state index in [1.165, 1.54) is 48.8 Å². The standard InChI is InChI=1S/C21H24N4OS/c1-15-4-9-18-19(12-15)24-21(23-18)27-14-20(26)22-17-7-5-16(6-8-17)13-25-10-2-3-11-25/h4-9,12H,2-3,10-11,13-14H2,1H3,(H,22,26)(H,23,24). The van der Waals surface area contributed by atoms with Crippen molar-refractivity contribution in [2.24, 2.45) is 0 Å². The Morgan fingerprint density at radius 3 is 2.74 bits per heavy atom. The van der Waals surface area contributed by atoms with Crippen LogP contribution in [0.2, 0.25) is 0 Å². The first-order valence-electron chi connectivity index (χ1n) is 9.36. The third kappa shape index (κ3) is 4.70. The molecule has 0 saturated carbocycles. The van der Waals surface area contributed by atoms with Gasteiger partial charge in [-0.05, 0) is 68.2 Å². The van der Waals surface area contributed by atoms with Crippen molar-refractivity contribution in [1.82, 2.24) is 14.9 Å². The molecule has 0 unspecified atom stereocenters. The molecule has 1 saturated heterocycles. The van der Waals surface area contributed by atoms with E-state index in [4.69, 9.17) is 0 Å². The van der Waals surface area contributed by atoms with Gasteiger partial charge in [0.1, 0.15) is 0 Å². The van der Waals surface area contributed by atoms with Gasteiger partial charge in [-0.1, -0.05) is 30.0 Å². The highest BCUT2D eigenvalue weighted by molar-refractivity contribution is 7.99. The molecule has 0 radical (unpaired) electrons. The maximum atomic E-state index is 12.2. The molecule has 140 valence electrons. The molecule has 1 aromatic heterocycles. The second-order valence-electron chi connectivity index (χ2n) is 7.08. The van der Waals surface area contributed by atoms with Gasteiger partial charge in [-0.25, -0.2) is 4.98 Å². The van der Waals surface area contributed by atoms with E-state index in [0.717, 1.165) is 28.4 Å². The zero-order chi connectivity index (χ0) is 18.6. The number of rotatable bonds is 6. The van der Waals surface area contributed by atoms with Crippen molar-refractivity contribution in [2.75, 3.05) is 24.2 Å². The molecule has 0 bridgehead atoms. The van der Waals surface area contributed by atoms with Crippen LogP contribution in [-0.4, -0.2) is 39.6 Å². The van der Waals surface area contributed by atoms with Crippen LogP contribution in [0.3, 0.4) is 0 Å². The number of fused-ring (bicyclic) bond motifs is 1. The van der Waals surface area contributed by atoms with Gasteiger partial charge >= 0.3 is 0 Å². The third-order valence-electron chi connectivity index (χ3n) is 4.80. The maximum Gasteiger partial charge on any atom is 0.234 e. The number of hydrogen-bond donors (Lipinski definition) is 2. The predicted octanol–water partition coefficient (Wildman–Crippen LogP) is 4.20. The van der Waals surface area contributed by atoms with Crippen molar-refractivity contribution < 1.29 is 4.79 Å². The van der Waals surface area contributed by atoms with Crippen LogP contribution >= 0.6 is 11.8 Å². The quantitative estimate of drug-likeness (QED) is 0.629. The van der Waals surface area contributed by atoms with E-state index in [0.29, 0.717) is 5.75 Å². The summed E-state index contributed by atoms with van der Waals surface area (Å²) in [5, 5.41) is 3.73. The summed E-state index contributed by atoms with van der Waals surface area (Å²) in [5.74, 6) is 0.304. The fraction of sp³-hybridized carbons (Fsp3) is 0.333. The first kappa shape index (κ1) is 18.1. The summed E-state index contributed by atoms with van der Waals surface area (Å²) >= 11 is 1.42. The molecule has 0 atom stereocenters. The number of benzene rings is 2. The van der Waals surface area contributed by atoms with Crippen molar-refractivity contribution in [2.45, 2.75) is 31.5 Å². The van der Waals surface area contributed by atoms with Crippen LogP contribution in [-0.2, 0) is 11.3 Å². The number of nitrogens with one attached hydrogen (secondary N) is 2. The molecule has 1 aliphatic rings. The SMILES string of the molecule is Cc1ccc2nc(SCC(=O)Nc3ccc(CN4CCCC4)cc3)[nH]c2c1. The molecule has 1 amide bonds. The maximum absolute atomic E-state index is 12.2. The fourth-order valence-corrected chi connectivity index (χ4v) is 4.08. The van der Waals surface area contributed by atoms with E-state index in [2.05, 4.69) is 45.3 Å². The van der Waals surface area contributed by atoms with Gasteiger partial charge in [-0.2, -0.15) is 0 Å². The Balaban J connectivity index is 1.29. The average Bonchev–Trinajstić information content (AvgIpc) is 3.30. The molecule has 27 heavy (non-hydrogen) atoms. The van der Waals surface area contributed by atoms with Crippen molar-refractivity contribution in [3.8, 4) is 0 Å². The number of carbonyl (C=O) groups is 1. The molecule has 2 aromatic carbocycles. The van der Waals surface area contributed by atoms with Crippen LogP contribution in [0.25, 0.3) is 11.0 Å². The lowest BCUT2D eigenvalue weighted by Gasteiger charge is -2.14. The predicted molar refractivity (Wildman–Crippen MR) is 111 cm³/mol. The number of aromatic amines is 1. The Morgan fingerprint density at radius 1 is 1.19 bits per heavy atom. The van der Waals surface area contributed by atoms with Crippen LogP contribution in [0.15, 0.2) is 47.6 Å². The van der Waals surface area contributed by atoms with Gasteiger partial charge < -0.3 is 10.3 Å². The lowest BCUT2D eigenvalue weighted by atomic mass is 10.2. The first-order valence-corrected chi connectivity index (χ1v) is 10.3. The average molecular weight is 381 g/mol. The summed E-state index contributed by atoms with van der Waals surface area (Å²) in [6.45, 7) is 5.43. The van der Waals surface area contributed by atoms with E-state index in [1.54, 1.807) is 0 Å². The van der Waals surface area contributed by atoms with Crippen molar-refractivity contribution in [3.05, 3.63) is 53.6 Å². The van der Waals surface area contributed by atoms with E-state index in [1.807, 2.05) is 24.3 Å². The van der Waals surface area contributed by atoms with Gasteiger partial charge in [-0.15, -0.1) is 0 Å². The van der Waals surface area contributed by atoms with Crippen molar-refractivity contribution in [1.29, 1.82) is 0 Å². The molecule has 2 heterocycles. The van der Waals surface area contributed by atoms with Crippen LogP contribution in [0.4, 0.5) is 5.69 Å². The van der Waals surface area contributed by atoms with Crippen LogP contribution < -0.4 is 5.32 Å². The molecule has 3 aromatic rings. The number of amides is 1. The number of likely N-dealkylation sites (tertiary alicyclic amines) is 1. The number of carbonyl (C=O) groups excluding carboxylic acids is 1. The Bertz CT molecular complexity index is 929.